The van der Waals surface area contributed by atoms with Gasteiger partial charge in [0.25, 0.3) is 0 Å². The topological polar surface area (TPSA) is 0 Å². The molecule has 0 saturated carbocycles. The Balaban J connectivity index is 2.56. The molecule has 0 N–H and O–H groups in total. The van der Waals surface area contributed by atoms with Gasteiger partial charge in [0, 0.05) is 5.92 Å². The summed E-state index contributed by atoms with van der Waals surface area (Å²) < 4.78 is 0. The van der Waals surface area contributed by atoms with Crippen molar-refractivity contribution in [3.05, 3.63) is 154 Å². The molecular weight excluding hydrogens is 480 g/mol. The van der Waals surface area contributed by atoms with Crippen molar-refractivity contribution in [1.82, 2.24) is 0 Å². The fraction of sp³-hybridized carbons (Fsp3) is 0.350. The fourth-order valence-electron chi connectivity index (χ4n) is 4.15. The monoisotopic (exact) mass is 534 g/mol. The van der Waals surface area contributed by atoms with Crippen LogP contribution in [0.15, 0.2) is 154 Å². The lowest BCUT2D eigenvalue weighted by Gasteiger charge is -2.26. The molecule has 0 spiro atoms. The normalized spacial score (nSPS) is 20.5. The van der Waals surface area contributed by atoms with Gasteiger partial charge in [0.05, 0.1) is 0 Å². The van der Waals surface area contributed by atoms with Gasteiger partial charge in [-0.3, -0.25) is 0 Å². The van der Waals surface area contributed by atoms with Gasteiger partial charge in [0.1, 0.15) is 0 Å². The van der Waals surface area contributed by atoms with Crippen LogP contribution in [0.4, 0.5) is 0 Å². The molecule has 0 aromatic rings. The zero-order valence-corrected chi connectivity index (χ0v) is 27.0. The van der Waals surface area contributed by atoms with Crippen molar-refractivity contribution in [1.29, 1.82) is 0 Å². The molecule has 0 amide bonds. The molecule has 0 aromatic carbocycles. The quantitative estimate of drug-likeness (QED) is 0.163. The molecule has 40 heavy (non-hydrogen) atoms. The van der Waals surface area contributed by atoms with E-state index in [1.54, 1.807) is 0 Å². The Kier molecular flexibility index (Phi) is 17.0. The molecule has 1 rings (SSSR count). The highest BCUT2D eigenvalue weighted by molar-refractivity contribution is 5.34. The third kappa shape index (κ3) is 15.9. The molecule has 0 nitrogen and oxygen atoms in total. The molecule has 0 fully saturated rings. The van der Waals surface area contributed by atoms with Crippen molar-refractivity contribution in [3.8, 4) is 0 Å². The molecule has 0 aromatic heterocycles. The largest absolute Gasteiger partial charge is 0.0856 e. The summed E-state index contributed by atoms with van der Waals surface area (Å²) in [4.78, 5) is 0. The van der Waals surface area contributed by atoms with Crippen LogP contribution in [0.5, 0.6) is 0 Å². The predicted molar refractivity (Wildman–Crippen MR) is 183 cm³/mol. The Morgan fingerprint density at radius 1 is 0.600 bits per heavy atom. The molecule has 0 heterocycles. The molecule has 0 bridgehead atoms. The Morgan fingerprint density at radius 3 is 1.57 bits per heavy atom. The molecule has 0 radical (unpaired) electrons. The van der Waals surface area contributed by atoms with Gasteiger partial charge in [0.2, 0.25) is 0 Å². The van der Waals surface area contributed by atoms with Crippen molar-refractivity contribution < 1.29 is 0 Å². The minimum Gasteiger partial charge on any atom is -0.0856 e. The van der Waals surface area contributed by atoms with E-state index in [9.17, 15) is 0 Å². The third-order valence-electron chi connectivity index (χ3n) is 7.06. The van der Waals surface area contributed by atoms with Crippen LogP contribution < -0.4 is 0 Å². The van der Waals surface area contributed by atoms with E-state index < -0.39 is 0 Å². The maximum absolute atomic E-state index is 2.35. The average molecular weight is 535 g/mol. The molecule has 2 atom stereocenters. The van der Waals surface area contributed by atoms with Crippen molar-refractivity contribution in [2.45, 2.75) is 82.1 Å². The second-order valence-corrected chi connectivity index (χ2v) is 11.4. The summed E-state index contributed by atoms with van der Waals surface area (Å²) in [5, 5.41) is 0. The van der Waals surface area contributed by atoms with Crippen LogP contribution in [-0.4, -0.2) is 0 Å². The lowest BCUT2D eigenvalue weighted by molar-refractivity contribution is 0.543. The van der Waals surface area contributed by atoms with Crippen LogP contribution >= 0.6 is 0 Å². The number of hydrogen-bond donors (Lipinski definition) is 0. The summed E-state index contributed by atoms with van der Waals surface area (Å²) in [5.41, 5.74) is 10.6. The van der Waals surface area contributed by atoms with Gasteiger partial charge in [-0.05, 0) is 81.1 Å². The van der Waals surface area contributed by atoms with Gasteiger partial charge in [0.15, 0.2) is 0 Å². The van der Waals surface area contributed by atoms with Gasteiger partial charge >= 0.3 is 0 Å². The lowest BCUT2D eigenvalue weighted by Crippen LogP contribution is -2.14. The van der Waals surface area contributed by atoms with E-state index >= 15 is 0 Å². The summed E-state index contributed by atoms with van der Waals surface area (Å²) in [5.74, 6) is 1.06. The second kappa shape index (κ2) is 19.6. The van der Waals surface area contributed by atoms with E-state index in [-0.39, 0.29) is 0 Å². The first-order valence-electron chi connectivity index (χ1n) is 14.7. The summed E-state index contributed by atoms with van der Waals surface area (Å²) in [6.45, 7) is 21.8. The predicted octanol–water partition coefficient (Wildman–Crippen LogP) is 12.4. The standard InChI is InChI=1S/C40H54/c1-31(2)17-13-20-34(5)23-15-25-35(6)24-14-21-32(3)18-11-12-19-33(4)22-16-26-36(7)27-30-40-38(9)29-28-37(8)39(40)10/h11-12,14-19,21-30,39-40H,13,20H2,1-10H3/b12-11+,21-14+,22-16-,25-15+,30-27+,32-18+,33-19+,34-23+,35-24+,36-26+. The van der Waals surface area contributed by atoms with Gasteiger partial charge < -0.3 is 0 Å². The van der Waals surface area contributed by atoms with E-state index in [1.165, 1.54) is 44.6 Å². The number of rotatable bonds is 13. The van der Waals surface area contributed by atoms with E-state index in [1.807, 2.05) is 0 Å². The molecule has 214 valence electrons. The zero-order chi connectivity index (χ0) is 29.9. The Bertz CT molecular complexity index is 1210. The van der Waals surface area contributed by atoms with Crippen molar-refractivity contribution >= 4 is 0 Å². The molecule has 0 heteroatoms. The first-order valence-corrected chi connectivity index (χ1v) is 14.7. The van der Waals surface area contributed by atoms with Crippen molar-refractivity contribution in [3.63, 3.8) is 0 Å². The summed E-state index contributed by atoms with van der Waals surface area (Å²) >= 11 is 0. The molecular formula is C40H54. The highest BCUT2D eigenvalue weighted by Crippen LogP contribution is 2.32. The highest BCUT2D eigenvalue weighted by Gasteiger charge is 2.19. The molecule has 2 unspecified atom stereocenters. The first-order chi connectivity index (χ1) is 19.0. The van der Waals surface area contributed by atoms with E-state index in [0.717, 1.165) is 12.8 Å². The Labute approximate surface area is 247 Å². The third-order valence-corrected chi connectivity index (χ3v) is 7.06. The van der Waals surface area contributed by atoms with Gasteiger partial charge in [-0.2, -0.15) is 0 Å². The molecule has 0 saturated heterocycles. The minimum absolute atomic E-state index is 0.492. The maximum atomic E-state index is 2.35. The summed E-state index contributed by atoms with van der Waals surface area (Å²) in [6.07, 6.45) is 41.5. The number of hydrogen-bond acceptors (Lipinski definition) is 0. The minimum atomic E-state index is 0.492. The van der Waals surface area contributed by atoms with Gasteiger partial charge in [-0.15, -0.1) is 0 Å². The van der Waals surface area contributed by atoms with E-state index in [2.05, 4.69) is 179 Å². The SMILES string of the molecule is CC(C)=CCC/C(C)=C/C=C/C(C)=C/C=C/C(C)=C/C=C/C=C(C)/C=C\C=C(C)\C=C\C1C(C)=CC=C(C)C1C. The highest BCUT2D eigenvalue weighted by atomic mass is 14.2. The Hall–Kier alpha value is -3.38. The average Bonchev–Trinajstić information content (AvgIpc) is 2.88. The van der Waals surface area contributed by atoms with Crippen LogP contribution in [0, 0.1) is 11.8 Å². The van der Waals surface area contributed by atoms with Crippen LogP contribution in [0.3, 0.4) is 0 Å². The molecule has 1 aliphatic rings. The summed E-state index contributed by atoms with van der Waals surface area (Å²) in [6, 6.07) is 0. The van der Waals surface area contributed by atoms with E-state index in [0.29, 0.717) is 11.8 Å². The lowest BCUT2D eigenvalue weighted by atomic mass is 9.79. The van der Waals surface area contributed by atoms with Crippen LogP contribution in [0.1, 0.15) is 82.1 Å². The molecule has 1 aliphatic carbocycles. The van der Waals surface area contributed by atoms with E-state index in [4.69, 9.17) is 0 Å². The van der Waals surface area contributed by atoms with Gasteiger partial charge in [-0.25, -0.2) is 0 Å². The zero-order valence-electron chi connectivity index (χ0n) is 27.0. The van der Waals surface area contributed by atoms with Crippen molar-refractivity contribution in [2.24, 2.45) is 11.8 Å². The van der Waals surface area contributed by atoms with Crippen LogP contribution in [0.25, 0.3) is 0 Å². The fourth-order valence-corrected chi connectivity index (χ4v) is 4.15. The first kappa shape index (κ1) is 34.6. The Morgan fingerprint density at radius 2 is 1.05 bits per heavy atom. The summed E-state index contributed by atoms with van der Waals surface area (Å²) in [7, 11) is 0. The number of allylic oxidation sites excluding steroid dienone is 26. The van der Waals surface area contributed by atoms with Crippen LogP contribution in [-0.2, 0) is 0 Å². The molecule has 0 aliphatic heterocycles. The smallest absolute Gasteiger partial charge is 0.00432 e. The maximum Gasteiger partial charge on any atom is 0.00432 e. The van der Waals surface area contributed by atoms with Gasteiger partial charge in [-0.1, -0.05) is 161 Å². The second-order valence-electron chi connectivity index (χ2n) is 11.4. The van der Waals surface area contributed by atoms with Crippen molar-refractivity contribution in [2.75, 3.05) is 0 Å². The van der Waals surface area contributed by atoms with Crippen LogP contribution in [0.2, 0.25) is 0 Å².